The third kappa shape index (κ3) is 5.17. The van der Waals surface area contributed by atoms with E-state index < -0.39 is 11.6 Å². The van der Waals surface area contributed by atoms with Crippen LogP contribution in [-0.4, -0.2) is 45.4 Å². The van der Waals surface area contributed by atoms with Crippen molar-refractivity contribution in [1.82, 2.24) is 14.7 Å². The molecular weight excluding hydrogens is 401 g/mol. The van der Waals surface area contributed by atoms with Gasteiger partial charge in [-0.3, -0.25) is 0 Å². The number of carboxylic acids is 1. The van der Waals surface area contributed by atoms with Crippen LogP contribution in [0.2, 0.25) is 0 Å². The monoisotopic (exact) mass is 427 g/mol. The van der Waals surface area contributed by atoms with E-state index in [2.05, 4.69) is 5.10 Å². The number of aromatic carboxylic acids is 1. The van der Waals surface area contributed by atoms with Crippen LogP contribution in [0.25, 0.3) is 16.6 Å². The molecule has 1 aromatic heterocycles. The fourth-order valence-electron chi connectivity index (χ4n) is 3.98. The van der Waals surface area contributed by atoms with Crippen molar-refractivity contribution < 1.29 is 38.3 Å². The molecule has 1 aliphatic heterocycles. The Bertz CT molecular complexity index is 1120. The third-order valence-corrected chi connectivity index (χ3v) is 5.46. The topological polar surface area (TPSA) is 87.5 Å². The molecular formula is C24H26LiN3O4. The van der Waals surface area contributed by atoms with Gasteiger partial charge in [0.2, 0.25) is 0 Å². The van der Waals surface area contributed by atoms with Crippen LogP contribution in [0.5, 0.6) is 0 Å². The summed E-state index contributed by atoms with van der Waals surface area (Å²) in [5, 5.41) is 16.5. The number of carbonyl (C=O) groups is 2. The molecule has 162 valence electrons. The number of ether oxygens (including phenoxy) is 1. The minimum absolute atomic E-state index is 0. The molecule has 0 spiro atoms. The van der Waals surface area contributed by atoms with E-state index in [1.807, 2.05) is 57.3 Å². The predicted molar refractivity (Wildman–Crippen MR) is 115 cm³/mol. The van der Waals surface area contributed by atoms with Gasteiger partial charge >= 0.3 is 25.0 Å². The van der Waals surface area contributed by atoms with E-state index in [9.17, 15) is 14.7 Å². The number of aromatic nitrogens is 2. The Morgan fingerprint density at radius 3 is 2.50 bits per heavy atom. The number of hydrogen-bond donors (Lipinski definition) is 0. The van der Waals surface area contributed by atoms with Crippen molar-refractivity contribution in [2.75, 3.05) is 13.1 Å². The number of benzene rings is 2. The molecule has 0 aliphatic carbocycles. The SMILES string of the molecule is CC(C)(C)OC(=O)N1CCC[C@@H](c2ccc(-n3cc4cccc(C(=O)[O-])c4n3)cc2)C1.[Li+]. The predicted octanol–water partition coefficient (Wildman–Crippen LogP) is 0.508. The number of fused-ring (bicyclic) bond motifs is 1. The largest absolute Gasteiger partial charge is 1.00 e. The molecule has 8 heteroatoms. The zero-order chi connectivity index (χ0) is 22.2. The fourth-order valence-corrected chi connectivity index (χ4v) is 3.98. The van der Waals surface area contributed by atoms with Gasteiger partial charge in [0.05, 0.1) is 11.7 Å². The molecule has 0 radical (unpaired) electrons. The molecule has 1 fully saturated rings. The van der Waals surface area contributed by atoms with Gasteiger partial charge in [-0.25, -0.2) is 9.48 Å². The molecule has 2 aromatic carbocycles. The minimum Gasteiger partial charge on any atom is -0.545 e. The average Bonchev–Trinajstić information content (AvgIpc) is 3.17. The molecule has 1 aliphatic rings. The van der Waals surface area contributed by atoms with E-state index in [-0.39, 0.29) is 36.4 Å². The Kier molecular flexibility index (Phi) is 7.02. The first-order valence-electron chi connectivity index (χ1n) is 10.5. The molecule has 0 N–H and O–H groups in total. The van der Waals surface area contributed by atoms with Crippen LogP contribution in [0.4, 0.5) is 4.79 Å². The number of carboxylic acid groups (broad SMARTS) is 1. The van der Waals surface area contributed by atoms with E-state index in [4.69, 9.17) is 4.74 Å². The second-order valence-corrected chi connectivity index (χ2v) is 8.96. The van der Waals surface area contributed by atoms with Crippen molar-refractivity contribution in [1.29, 1.82) is 0 Å². The second kappa shape index (κ2) is 9.39. The van der Waals surface area contributed by atoms with Gasteiger partial charge in [-0.15, -0.1) is 0 Å². The first-order valence-corrected chi connectivity index (χ1v) is 10.5. The zero-order valence-electron chi connectivity index (χ0n) is 19.0. The van der Waals surface area contributed by atoms with Crippen LogP contribution < -0.4 is 24.0 Å². The van der Waals surface area contributed by atoms with Crippen LogP contribution in [0.15, 0.2) is 48.7 Å². The summed E-state index contributed by atoms with van der Waals surface area (Å²) in [5.74, 6) is -0.991. The van der Waals surface area contributed by atoms with Gasteiger partial charge in [0.15, 0.2) is 0 Å². The molecule has 2 heterocycles. The van der Waals surface area contributed by atoms with Crippen molar-refractivity contribution in [3.63, 3.8) is 0 Å². The van der Waals surface area contributed by atoms with Gasteiger partial charge in [0.1, 0.15) is 11.1 Å². The van der Waals surface area contributed by atoms with E-state index in [1.54, 1.807) is 15.6 Å². The van der Waals surface area contributed by atoms with Gasteiger partial charge in [-0.2, -0.15) is 5.10 Å². The molecule has 0 saturated carbocycles. The van der Waals surface area contributed by atoms with Crippen molar-refractivity contribution in [2.45, 2.75) is 45.1 Å². The smallest absolute Gasteiger partial charge is 0.545 e. The van der Waals surface area contributed by atoms with Crippen molar-refractivity contribution >= 4 is 23.0 Å². The van der Waals surface area contributed by atoms with Crippen LogP contribution >= 0.6 is 0 Å². The van der Waals surface area contributed by atoms with Crippen molar-refractivity contribution in [3.8, 4) is 5.69 Å². The Balaban J connectivity index is 0.00000289. The maximum absolute atomic E-state index is 12.4. The summed E-state index contributed by atoms with van der Waals surface area (Å²) < 4.78 is 7.20. The molecule has 32 heavy (non-hydrogen) atoms. The van der Waals surface area contributed by atoms with Gasteiger partial charge in [-0.05, 0) is 51.3 Å². The Morgan fingerprint density at radius 2 is 1.84 bits per heavy atom. The molecule has 1 saturated heterocycles. The number of amides is 1. The second-order valence-electron chi connectivity index (χ2n) is 8.96. The summed E-state index contributed by atoms with van der Waals surface area (Å²) in [6.07, 6.45) is 3.49. The Labute approximate surface area is 199 Å². The summed E-state index contributed by atoms with van der Waals surface area (Å²) in [6, 6.07) is 13.0. The number of piperidine rings is 1. The van der Waals surface area contributed by atoms with Crippen LogP contribution in [0.3, 0.4) is 0 Å². The van der Waals surface area contributed by atoms with Crippen molar-refractivity contribution in [3.05, 3.63) is 59.8 Å². The maximum Gasteiger partial charge on any atom is 1.00 e. The van der Waals surface area contributed by atoms with Gasteiger partial charge < -0.3 is 19.5 Å². The third-order valence-electron chi connectivity index (χ3n) is 5.46. The van der Waals surface area contributed by atoms with Crippen molar-refractivity contribution in [2.24, 2.45) is 0 Å². The summed E-state index contributed by atoms with van der Waals surface area (Å²) in [4.78, 5) is 25.6. The normalized spacial score (nSPS) is 16.5. The summed E-state index contributed by atoms with van der Waals surface area (Å²) in [6.45, 7) is 6.97. The molecule has 7 nitrogen and oxygen atoms in total. The number of rotatable bonds is 3. The summed E-state index contributed by atoms with van der Waals surface area (Å²) >= 11 is 0. The standard InChI is InChI=1S/C24H27N3O4.Li/c1-24(2,3)31-23(30)26-13-5-7-17(14-26)16-9-11-19(12-10-16)27-15-18-6-4-8-20(22(28)29)21(18)25-27;/h4,6,8-12,15,17H,5,7,13-14H2,1-3H3,(H,28,29);/q;+1/p-1/t17-;/m1./s1. The molecule has 0 bridgehead atoms. The number of nitrogens with zero attached hydrogens (tertiary/aromatic N) is 3. The summed E-state index contributed by atoms with van der Waals surface area (Å²) in [5.41, 5.74) is 1.98. The van der Waals surface area contributed by atoms with E-state index >= 15 is 0 Å². The first-order chi connectivity index (χ1) is 14.7. The van der Waals surface area contributed by atoms with E-state index in [1.165, 1.54) is 6.07 Å². The van der Waals surface area contributed by atoms with E-state index in [0.29, 0.717) is 18.6 Å². The zero-order valence-corrected chi connectivity index (χ0v) is 19.0. The molecule has 1 amide bonds. The molecule has 1 atom stereocenters. The minimum atomic E-state index is -1.24. The quantitative estimate of drug-likeness (QED) is 0.569. The van der Waals surface area contributed by atoms with Crippen LogP contribution in [0.1, 0.15) is 55.5 Å². The van der Waals surface area contributed by atoms with E-state index in [0.717, 1.165) is 29.5 Å². The summed E-state index contributed by atoms with van der Waals surface area (Å²) in [7, 11) is 0. The number of hydrogen-bond acceptors (Lipinski definition) is 5. The van der Waals surface area contributed by atoms with Crippen LogP contribution in [-0.2, 0) is 4.74 Å². The van der Waals surface area contributed by atoms with Gasteiger partial charge in [0, 0.05) is 36.2 Å². The Hall–Kier alpha value is -2.75. The maximum atomic E-state index is 12.4. The first kappa shape index (κ1) is 23.9. The van der Waals surface area contributed by atoms with Gasteiger partial charge in [0.25, 0.3) is 0 Å². The molecule has 3 aromatic rings. The molecule has 4 rings (SSSR count). The number of carbonyl (C=O) groups excluding carboxylic acids is 2. The van der Waals surface area contributed by atoms with Crippen LogP contribution in [0, 0.1) is 0 Å². The average molecular weight is 427 g/mol. The number of likely N-dealkylation sites (tertiary alicyclic amines) is 1. The molecule has 0 unspecified atom stereocenters. The fraction of sp³-hybridized carbons (Fsp3) is 0.375. The Morgan fingerprint density at radius 1 is 1.12 bits per heavy atom. The van der Waals surface area contributed by atoms with Gasteiger partial charge in [-0.1, -0.05) is 30.3 Å².